The van der Waals surface area contributed by atoms with Gasteiger partial charge in [-0.25, -0.2) is 0 Å². The highest BCUT2D eigenvalue weighted by atomic mass is 16.4. The van der Waals surface area contributed by atoms with E-state index in [-0.39, 0.29) is 11.7 Å². The minimum Gasteiger partial charge on any atom is -0.481 e. The number of carboxylic acid groups (broad SMARTS) is 1. The molecule has 1 aromatic carbocycles. The van der Waals surface area contributed by atoms with E-state index in [9.17, 15) is 9.59 Å². The fraction of sp³-hybridized carbons (Fsp3) is 0.467. The zero-order valence-electron chi connectivity index (χ0n) is 10.6. The van der Waals surface area contributed by atoms with Crippen molar-refractivity contribution in [1.29, 1.82) is 0 Å². The third-order valence-corrected chi connectivity index (χ3v) is 3.83. The maximum absolute atomic E-state index is 12.5. The lowest BCUT2D eigenvalue weighted by molar-refractivity contribution is -0.142. The molecule has 3 nitrogen and oxygen atoms in total. The topological polar surface area (TPSA) is 54.4 Å². The van der Waals surface area contributed by atoms with E-state index < -0.39 is 11.9 Å². The normalized spacial score (nSPS) is 22.9. The van der Waals surface area contributed by atoms with Crippen LogP contribution in [0.15, 0.2) is 24.3 Å². The first-order valence-electron chi connectivity index (χ1n) is 6.50. The number of carbonyl (C=O) groups excluding carboxylic acids is 1. The van der Waals surface area contributed by atoms with Crippen LogP contribution in [-0.2, 0) is 11.2 Å². The predicted molar refractivity (Wildman–Crippen MR) is 68.6 cm³/mol. The minimum absolute atomic E-state index is 0.0114. The number of carboxylic acids is 1. The minimum atomic E-state index is -0.833. The van der Waals surface area contributed by atoms with Crippen molar-refractivity contribution >= 4 is 11.8 Å². The van der Waals surface area contributed by atoms with Crippen LogP contribution in [0.5, 0.6) is 0 Å². The molecule has 1 aromatic rings. The highest BCUT2D eigenvalue weighted by Crippen LogP contribution is 2.35. The molecule has 1 N–H and O–H groups in total. The molecular formula is C15H18O3. The lowest BCUT2D eigenvalue weighted by Crippen LogP contribution is -2.26. The molecule has 0 aromatic heterocycles. The molecule has 0 radical (unpaired) electrons. The number of aryl methyl sites for hydroxylation is 1. The number of hydrogen-bond acceptors (Lipinski definition) is 2. The highest BCUT2D eigenvalue weighted by molar-refractivity contribution is 6.01. The number of carbonyl (C=O) groups is 2. The molecule has 0 amide bonds. The summed E-state index contributed by atoms with van der Waals surface area (Å²) < 4.78 is 0. The highest BCUT2D eigenvalue weighted by Gasteiger charge is 2.38. The van der Waals surface area contributed by atoms with E-state index in [1.807, 2.05) is 31.2 Å². The number of benzene rings is 1. The molecule has 18 heavy (non-hydrogen) atoms. The van der Waals surface area contributed by atoms with Crippen molar-refractivity contribution in [1.82, 2.24) is 0 Å². The van der Waals surface area contributed by atoms with Crippen LogP contribution < -0.4 is 0 Å². The zero-order chi connectivity index (χ0) is 13.1. The largest absolute Gasteiger partial charge is 0.481 e. The number of aliphatic carboxylic acids is 1. The Kier molecular flexibility index (Phi) is 3.80. The lowest BCUT2D eigenvalue weighted by atomic mass is 9.86. The van der Waals surface area contributed by atoms with E-state index in [0.717, 1.165) is 18.4 Å². The Morgan fingerprint density at radius 2 is 1.89 bits per heavy atom. The molecule has 2 rings (SSSR count). The summed E-state index contributed by atoms with van der Waals surface area (Å²) >= 11 is 0. The van der Waals surface area contributed by atoms with Crippen LogP contribution >= 0.6 is 0 Å². The second kappa shape index (κ2) is 5.34. The van der Waals surface area contributed by atoms with Gasteiger partial charge >= 0.3 is 5.97 Å². The van der Waals surface area contributed by atoms with E-state index in [0.29, 0.717) is 18.4 Å². The Morgan fingerprint density at radius 3 is 2.56 bits per heavy atom. The van der Waals surface area contributed by atoms with Crippen LogP contribution in [0.2, 0.25) is 0 Å². The van der Waals surface area contributed by atoms with Gasteiger partial charge in [-0.3, -0.25) is 9.59 Å². The molecule has 0 spiro atoms. The molecule has 0 saturated heterocycles. The standard InChI is InChI=1S/C15H18O3/c1-2-10-6-3-4-7-11(10)14(16)12-8-5-9-13(12)15(17)18/h3-4,6-7,12-13H,2,5,8-9H2,1H3,(H,17,18)/t12-,13+/m0/s1. The van der Waals surface area contributed by atoms with Crippen molar-refractivity contribution < 1.29 is 14.7 Å². The number of rotatable bonds is 4. The summed E-state index contributed by atoms with van der Waals surface area (Å²) in [5, 5.41) is 9.15. The van der Waals surface area contributed by atoms with Gasteiger partial charge in [0.1, 0.15) is 0 Å². The van der Waals surface area contributed by atoms with E-state index in [1.54, 1.807) is 0 Å². The van der Waals surface area contributed by atoms with Crippen LogP contribution in [0.1, 0.15) is 42.1 Å². The van der Waals surface area contributed by atoms with Crippen molar-refractivity contribution in [2.75, 3.05) is 0 Å². The third-order valence-electron chi connectivity index (χ3n) is 3.83. The van der Waals surface area contributed by atoms with Gasteiger partial charge in [0.15, 0.2) is 5.78 Å². The van der Waals surface area contributed by atoms with Gasteiger partial charge in [-0.15, -0.1) is 0 Å². The average Bonchev–Trinajstić information content (AvgIpc) is 2.87. The van der Waals surface area contributed by atoms with Gasteiger partial charge in [-0.2, -0.15) is 0 Å². The quantitative estimate of drug-likeness (QED) is 0.831. The Hall–Kier alpha value is -1.64. The van der Waals surface area contributed by atoms with Gasteiger partial charge in [0.2, 0.25) is 0 Å². The van der Waals surface area contributed by atoms with Gasteiger partial charge in [-0.1, -0.05) is 37.6 Å². The maximum atomic E-state index is 12.5. The third kappa shape index (κ3) is 2.30. The summed E-state index contributed by atoms with van der Waals surface area (Å²) in [6.45, 7) is 2.01. The smallest absolute Gasteiger partial charge is 0.307 e. The van der Waals surface area contributed by atoms with Crippen LogP contribution in [0, 0.1) is 11.8 Å². The van der Waals surface area contributed by atoms with Crippen LogP contribution in [0.4, 0.5) is 0 Å². The second-order valence-corrected chi connectivity index (χ2v) is 4.86. The molecule has 1 aliphatic carbocycles. The summed E-state index contributed by atoms with van der Waals surface area (Å²) in [6.07, 6.45) is 2.96. The first-order valence-corrected chi connectivity index (χ1v) is 6.50. The molecule has 0 aliphatic heterocycles. The monoisotopic (exact) mass is 246 g/mol. The molecule has 96 valence electrons. The summed E-state index contributed by atoms with van der Waals surface area (Å²) in [7, 11) is 0. The summed E-state index contributed by atoms with van der Waals surface area (Å²) in [5.74, 6) is -1.66. The molecule has 1 aliphatic rings. The van der Waals surface area contributed by atoms with Gasteiger partial charge in [-0.05, 0) is 24.8 Å². The van der Waals surface area contributed by atoms with Crippen molar-refractivity contribution in [3.63, 3.8) is 0 Å². The first-order chi connectivity index (χ1) is 8.65. The van der Waals surface area contributed by atoms with Crippen LogP contribution in [0.3, 0.4) is 0 Å². The van der Waals surface area contributed by atoms with Gasteiger partial charge in [0.05, 0.1) is 5.92 Å². The number of hydrogen-bond donors (Lipinski definition) is 1. The lowest BCUT2D eigenvalue weighted by Gasteiger charge is -2.16. The average molecular weight is 246 g/mol. The Bertz CT molecular complexity index is 465. The predicted octanol–water partition coefficient (Wildman–Crippen LogP) is 2.93. The van der Waals surface area contributed by atoms with E-state index in [1.165, 1.54) is 0 Å². The molecule has 2 atom stereocenters. The van der Waals surface area contributed by atoms with Crippen molar-refractivity contribution in [2.45, 2.75) is 32.6 Å². The summed E-state index contributed by atoms with van der Waals surface area (Å²) in [4.78, 5) is 23.6. The maximum Gasteiger partial charge on any atom is 0.307 e. The summed E-state index contributed by atoms with van der Waals surface area (Å²) in [6, 6.07) is 7.52. The Balaban J connectivity index is 2.28. The van der Waals surface area contributed by atoms with Crippen LogP contribution in [-0.4, -0.2) is 16.9 Å². The van der Waals surface area contributed by atoms with E-state index in [4.69, 9.17) is 5.11 Å². The molecule has 0 unspecified atom stereocenters. The van der Waals surface area contributed by atoms with Gasteiger partial charge in [0, 0.05) is 11.5 Å². The summed E-state index contributed by atoms with van der Waals surface area (Å²) in [5.41, 5.74) is 1.72. The molecule has 1 saturated carbocycles. The fourth-order valence-electron chi connectivity index (χ4n) is 2.84. The Morgan fingerprint density at radius 1 is 1.22 bits per heavy atom. The number of ketones is 1. The van der Waals surface area contributed by atoms with Crippen molar-refractivity contribution in [2.24, 2.45) is 11.8 Å². The molecular weight excluding hydrogens is 228 g/mol. The van der Waals surface area contributed by atoms with Crippen molar-refractivity contribution in [3.8, 4) is 0 Å². The molecule has 1 fully saturated rings. The zero-order valence-corrected chi connectivity index (χ0v) is 10.6. The van der Waals surface area contributed by atoms with Crippen LogP contribution in [0.25, 0.3) is 0 Å². The van der Waals surface area contributed by atoms with E-state index in [2.05, 4.69) is 0 Å². The molecule has 0 heterocycles. The Labute approximate surface area is 107 Å². The van der Waals surface area contributed by atoms with Gasteiger partial charge in [0.25, 0.3) is 0 Å². The second-order valence-electron chi connectivity index (χ2n) is 4.86. The fourth-order valence-corrected chi connectivity index (χ4v) is 2.84. The van der Waals surface area contributed by atoms with Gasteiger partial charge < -0.3 is 5.11 Å². The molecule has 0 bridgehead atoms. The van der Waals surface area contributed by atoms with Crippen molar-refractivity contribution in [3.05, 3.63) is 35.4 Å². The number of Topliss-reactive ketones (excluding diaryl/α,β-unsaturated/α-hetero) is 1. The van der Waals surface area contributed by atoms with E-state index >= 15 is 0 Å². The SMILES string of the molecule is CCc1ccccc1C(=O)[C@H]1CCC[C@H]1C(=O)O. The molecule has 3 heteroatoms. The first kappa shape index (κ1) is 12.8.